The van der Waals surface area contributed by atoms with Crippen molar-refractivity contribution in [2.24, 2.45) is 5.92 Å². The first-order valence-electron chi connectivity index (χ1n) is 5.88. The summed E-state index contributed by atoms with van der Waals surface area (Å²) in [5.74, 6) is 0.838. The van der Waals surface area contributed by atoms with Gasteiger partial charge in [-0.2, -0.15) is 0 Å². The molecule has 1 aliphatic carbocycles. The summed E-state index contributed by atoms with van der Waals surface area (Å²) >= 11 is 6.02. The molecule has 2 aliphatic rings. The molecule has 1 aromatic carbocycles. The largest absolute Gasteiger partial charge is 0.382 e. The van der Waals surface area contributed by atoms with Gasteiger partial charge in [0, 0.05) is 16.8 Å². The van der Waals surface area contributed by atoms with Crippen molar-refractivity contribution in [1.29, 1.82) is 0 Å². The third-order valence-corrected chi connectivity index (χ3v) is 4.03. The molecule has 2 atom stereocenters. The third kappa shape index (κ3) is 1.74. The van der Waals surface area contributed by atoms with E-state index in [2.05, 4.69) is 17.4 Å². The molecule has 1 aliphatic heterocycles. The van der Waals surface area contributed by atoms with E-state index in [1.807, 2.05) is 6.07 Å². The van der Waals surface area contributed by atoms with E-state index in [1.54, 1.807) is 0 Å². The Kier molecular flexibility index (Phi) is 2.36. The zero-order chi connectivity index (χ0) is 10.3. The smallest absolute Gasteiger partial charge is 0.0410 e. The molecule has 1 aromatic rings. The molecule has 0 saturated heterocycles. The summed E-state index contributed by atoms with van der Waals surface area (Å²) in [6.07, 6.45) is 6.72. The Hall–Kier alpha value is -0.690. The Morgan fingerprint density at radius 1 is 1.20 bits per heavy atom. The first-order valence-corrected chi connectivity index (χ1v) is 6.26. The third-order valence-electron chi connectivity index (χ3n) is 3.80. The first kappa shape index (κ1) is 9.53. The molecule has 80 valence electrons. The van der Waals surface area contributed by atoms with Gasteiger partial charge in [0.05, 0.1) is 0 Å². The Balaban J connectivity index is 1.92. The molecule has 0 bridgehead atoms. The van der Waals surface area contributed by atoms with Crippen molar-refractivity contribution < 1.29 is 0 Å². The molecule has 3 rings (SSSR count). The normalized spacial score (nSPS) is 28.9. The lowest BCUT2D eigenvalue weighted by Gasteiger charge is -2.38. The number of hydrogen-bond donors (Lipinski definition) is 1. The molecule has 2 unspecified atom stereocenters. The predicted molar refractivity (Wildman–Crippen MR) is 64.5 cm³/mol. The fraction of sp³-hybridized carbons (Fsp3) is 0.538. The van der Waals surface area contributed by atoms with E-state index in [4.69, 9.17) is 11.6 Å². The SMILES string of the molecule is Clc1ccc2c(c1)CC1CCCCC1N2. The van der Waals surface area contributed by atoms with Crippen LogP contribution in [0.3, 0.4) is 0 Å². The van der Waals surface area contributed by atoms with Gasteiger partial charge in [-0.15, -0.1) is 0 Å². The average molecular weight is 222 g/mol. The highest BCUT2D eigenvalue weighted by Gasteiger charge is 2.29. The van der Waals surface area contributed by atoms with Crippen LogP contribution in [0.4, 0.5) is 5.69 Å². The monoisotopic (exact) mass is 221 g/mol. The highest BCUT2D eigenvalue weighted by atomic mass is 35.5. The van der Waals surface area contributed by atoms with Gasteiger partial charge < -0.3 is 5.32 Å². The molecule has 1 N–H and O–H groups in total. The maximum Gasteiger partial charge on any atom is 0.0410 e. The van der Waals surface area contributed by atoms with Crippen molar-refractivity contribution >= 4 is 17.3 Å². The zero-order valence-electron chi connectivity index (χ0n) is 8.80. The van der Waals surface area contributed by atoms with Crippen LogP contribution in [0.1, 0.15) is 31.2 Å². The Bertz CT molecular complexity index is 375. The van der Waals surface area contributed by atoms with E-state index >= 15 is 0 Å². The minimum Gasteiger partial charge on any atom is -0.382 e. The van der Waals surface area contributed by atoms with Crippen molar-refractivity contribution in [2.45, 2.75) is 38.1 Å². The standard InChI is InChI=1S/C13H16ClN/c14-11-5-6-13-10(8-11)7-9-3-1-2-4-12(9)15-13/h5-6,8-9,12,15H,1-4,7H2. The highest BCUT2D eigenvalue weighted by Crippen LogP contribution is 2.37. The minimum absolute atomic E-state index is 0.715. The molecule has 0 radical (unpaired) electrons. The number of benzene rings is 1. The molecule has 1 fully saturated rings. The summed E-state index contributed by atoms with van der Waals surface area (Å²) in [4.78, 5) is 0. The van der Waals surface area contributed by atoms with Gasteiger partial charge in [0.1, 0.15) is 0 Å². The highest BCUT2D eigenvalue weighted by molar-refractivity contribution is 6.30. The Labute approximate surface area is 95.8 Å². The molecule has 1 nitrogen and oxygen atoms in total. The van der Waals surface area contributed by atoms with E-state index in [0.29, 0.717) is 6.04 Å². The predicted octanol–water partition coefficient (Wildman–Crippen LogP) is 3.87. The topological polar surface area (TPSA) is 12.0 Å². The number of halogens is 1. The van der Waals surface area contributed by atoms with Crippen LogP contribution in [-0.4, -0.2) is 6.04 Å². The van der Waals surface area contributed by atoms with Crippen molar-refractivity contribution in [2.75, 3.05) is 5.32 Å². The van der Waals surface area contributed by atoms with E-state index in [9.17, 15) is 0 Å². The fourth-order valence-corrected chi connectivity index (χ4v) is 3.19. The molecular weight excluding hydrogens is 206 g/mol. The summed E-state index contributed by atoms with van der Waals surface area (Å²) in [6, 6.07) is 6.95. The van der Waals surface area contributed by atoms with Gasteiger partial charge in [0.2, 0.25) is 0 Å². The van der Waals surface area contributed by atoms with Gasteiger partial charge in [-0.1, -0.05) is 24.4 Å². The van der Waals surface area contributed by atoms with Crippen LogP contribution in [0.15, 0.2) is 18.2 Å². The van der Waals surface area contributed by atoms with Gasteiger partial charge in [0.15, 0.2) is 0 Å². The second-order valence-electron chi connectivity index (χ2n) is 4.80. The fourth-order valence-electron chi connectivity index (χ4n) is 3.00. The van der Waals surface area contributed by atoms with Crippen molar-refractivity contribution in [3.05, 3.63) is 28.8 Å². The Morgan fingerprint density at radius 3 is 3.00 bits per heavy atom. The van der Waals surface area contributed by atoms with Gasteiger partial charge in [0.25, 0.3) is 0 Å². The van der Waals surface area contributed by atoms with Crippen LogP contribution in [0.5, 0.6) is 0 Å². The molecule has 0 aromatic heterocycles. The van der Waals surface area contributed by atoms with Crippen molar-refractivity contribution in [3.8, 4) is 0 Å². The summed E-state index contributed by atoms with van der Waals surface area (Å²) in [7, 11) is 0. The lowest BCUT2D eigenvalue weighted by Crippen LogP contribution is -2.37. The second kappa shape index (κ2) is 3.71. The van der Waals surface area contributed by atoms with E-state index in [-0.39, 0.29) is 0 Å². The summed E-state index contributed by atoms with van der Waals surface area (Å²) < 4.78 is 0. The molecule has 0 amide bonds. The number of hydrogen-bond acceptors (Lipinski definition) is 1. The lowest BCUT2D eigenvalue weighted by molar-refractivity contribution is 0.315. The van der Waals surface area contributed by atoms with Gasteiger partial charge in [-0.25, -0.2) is 0 Å². The summed E-state index contributed by atoms with van der Waals surface area (Å²) in [5, 5.41) is 4.53. The maximum atomic E-state index is 6.02. The Morgan fingerprint density at radius 2 is 2.07 bits per heavy atom. The molecule has 1 heterocycles. The van der Waals surface area contributed by atoms with E-state index < -0.39 is 0 Å². The molecule has 0 spiro atoms. The minimum atomic E-state index is 0.715. The second-order valence-corrected chi connectivity index (χ2v) is 5.24. The maximum absolute atomic E-state index is 6.02. The van der Waals surface area contributed by atoms with Gasteiger partial charge >= 0.3 is 0 Å². The quantitative estimate of drug-likeness (QED) is 0.702. The number of rotatable bonds is 0. The van der Waals surface area contributed by atoms with Crippen LogP contribution in [-0.2, 0) is 6.42 Å². The molecular formula is C13H16ClN. The zero-order valence-corrected chi connectivity index (χ0v) is 9.56. The molecule has 15 heavy (non-hydrogen) atoms. The summed E-state index contributed by atoms with van der Waals surface area (Å²) in [5.41, 5.74) is 2.72. The van der Waals surface area contributed by atoms with E-state index in [1.165, 1.54) is 43.4 Å². The van der Waals surface area contributed by atoms with Gasteiger partial charge in [-0.05, 0) is 48.9 Å². The number of anilines is 1. The van der Waals surface area contributed by atoms with Crippen LogP contribution in [0, 0.1) is 5.92 Å². The van der Waals surface area contributed by atoms with Crippen molar-refractivity contribution in [1.82, 2.24) is 0 Å². The van der Waals surface area contributed by atoms with Crippen LogP contribution >= 0.6 is 11.6 Å². The van der Waals surface area contributed by atoms with Crippen LogP contribution in [0.2, 0.25) is 5.02 Å². The van der Waals surface area contributed by atoms with Crippen molar-refractivity contribution in [3.63, 3.8) is 0 Å². The van der Waals surface area contributed by atoms with Crippen LogP contribution in [0.25, 0.3) is 0 Å². The lowest BCUT2D eigenvalue weighted by atomic mass is 9.78. The van der Waals surface area contributed by atoms with E-state index in [0.717, 1.165) is 10.9 Å². The average Bonchev–Trinajstić information content (AvgIpc) is 2.26. The number of nitrogens with one attached hydrogen (secondary N) is 1. The summed E-state index contributed by atoms with van der Waals surface area (Å²) in [6.45, 7) is 0. The molecule has 2 heteroatoms. The van der Waals surface area contributed by atoms with Crippen LogP contribution < -0.4 is 5.32 Å². The number of fused-ring (bicyclic) bond motifs is 2. The first-order chi connectivity index (χ1) is 7.33. The van der Waals surface area contributed by atoms with Gasteiger partial charge in [-0.3, -0.25) is 0 Å². The molecule has 1 saturated carbocycles.